The van der Waals surface area contributed by atoms with Gasteiger partial charge in [0.2, 0.25) is 5.91 Å². The molecule has 0 bridgehead atoms. The first-order valence-corrected chi connectivity index (χ1v) is 10.7. The van der Waals surface area contributed by atoms with E-state index in [1.54, 1.807) is 10.6 Å². The number of hydrogen-bond donors (Lipinski definition) is 1. The minimum atomic E-state index is -0.0623. The van der Waals surface area contributed by atoms with E-state index in [1.165, 1.54) is 11.8 Å². The predicted octanol–water partition coefficient (Wildman–Crippen LogP) is 4.07. The van der Waals surface area contributed by atoms with E-state index in [-0.39, 0.29) is 17.2 Å². The van der Waals surface area contributed by atoms with Gasteiger partial charge in [0, 0.05) is 17.6 Å². The number of amides is 1. The molecule has 1 N–H and O–H groups in total. The van der Waals surface area contributed by atoms with Crippen molar-refractivity contribution in [2.75, 3.05) is 12.3 Å². The Balaban J connectivity index is 2.23. The second-order valence-electron chi connectivity index (χ2n) is 7.19. The molecule has 142 valence electrons. The van der Waals surface area contributed by atoms with Gasteiger partial charge in [0.1, 0.15) is 0 Å². The normalized spacial score (nSPS) is 11.5. The zero-order chi connectivity index (χ0) is 19.3. The molecule has 5 nitrogen and oxygen atoms in total. The molecule has 0 atom stereocenters. The summed E-state index contributed by atoms with van der Waals surface area (Å²) in [6.45, 7) is 9.63. The zero-order valence-corrected chi connectivity index (χ0v) is 18.1. The first-order valence-electron chi connectivity index (χ1n) is 8.87. The molecule has 7 heteroatoms. The van der Waals surface area contributed by atoms with Crippen LogP contribution in [0.3, 0.4) is 0 Å². The van der Waals surface area contributed by atoms with Gasteiger partial charge in [-0.25, -0.2) is 4.98 Å². The number of thioether (sulfide) groups is 1. The van der Waals surface area contributed by atoms with Crippen molar-refractivity contribution < 1.29 is 4.79 Å². The van der Waals surface area contributed by atoms with Crippen molar-refractivity contribution in [2.45, 2.75) is 45.8 Å². The number of halogens is 1. The fourth-order valence-electron chi connectivity index (χ4n) is 2.49. The van der Waals surface area contributed by atoms with E-state index in [4.69, 9.17) is 0 Å². The molecule has 26 heavy (non-hydrogen) atoms. The summed E-state index contributed by atoms with van der Waals surface area (Å²) in [5.74, 6) is 1.08. The minimum absolute atomic E-state index is 0.0306. The monoisotopic (exact) mass is 439 g/mol. The van der Waals surface area contributed by atoms with Crippen molar-refractivity contribution in [2.24, 2.45) is 11.8 Å². The number of hydrogen-bond acceptors (Lipinski definition) is 4. The van der Waals surface area contributed by atoms with Crippen molar-refractivity contribution in [1.82, 2.24) is 14.9 Å². The van der Waals surface area contributed by atoms with E-state index in [9.17, 15) is 9.59 Å². The Morgan fingerprint density at radius 2 is 2.00 bits per heavy atom. The Morgan fingerprint density at radius 3 is 2.65 bits per heavy atom. The number of fused-ring (bicyclic) bond motifs is 1. The fraction of sp³-hybridized carbons (Fsp3) is 0.526. The lowest BCUT2D eigenvalue weighted by molar-refractivity contribution is -0.118. The lowest BCUT2D eigenvalue weighted by Crippen LogP contribution is -2.29. The topological polar surface area (TPSA) is 64.0 Å². The van der Waals surface area contributed by atoms with Gasteiger partial charge in [-0.1, -0.05) is 55.4 Å². The SMILES string of the molecule is CC(C)CCNC(=O)CSc1nc2ccc(Br)cc2c(=O)n1CC(C)C. The summed E-state index contributed by atoms with van der Waals surface area (Å²) in [7, 11) is 0. The molecular weight excluding hydrogens is 414 g/mol. The summed E-state index contributed by atoms with van der Waals surface area (Å²) < 4.78 is 2.54. The molecule has 0 saturated heterocycles. The Morgan fingerprint density at radius 1 is 1.27 bits per heavy atom. The Labute approximate surface area is 167 Å². The van der Waals surface area contributed by atoms with E-state index >= 15 is 0 Å². The van der Waals surface area contributed by atoms with E-state index in [2.05, 4.69) is 53.9 Å². The van der Waals surface area contributed by atoms with Crippen LogP contribution < -0.4 is 10.9 Å². The maximum Gasteiger partial charge on any atom is 0.262 e. The smallest absolute Gasteiger partial charge is 0.262 e. The molecule has 0 aliphatic carbocycles. The van der Waals surface area contributed by atoms with Gasteiger partial charge < -0.3 is 5.32 Å². The molecule has 2 rings (SSSR count). The van der Waals surface area contributed by atoms with E-state index in [1.807, 2.05) is 12.1 Å². The van der Waals surface area contributed by atoms with Gasteiger partial charge in [0.15, 0.2) is 5.16 Å². The molecule has 2 aromatic rings. The second-order valence-corrected chi connectivity index (χ2v) is 9.04. The highest BCUT2D eigenvalue weighted by Crippen LogP contribution is 2.21. The maximum absolute atomic E-state index is 12.9. The highest BCUT2D eigenvalue weighted by molar-refractivity contribution is 9.10. The van der Waals surface area contributed by atoms with E-state index in [0.717, 1.165) is 10.9 Å². The molecular formula is C19H26BrN3O2S. The van der Waals surface area contributed by atoms with Crippen LogP contribution in [-0.4, -0.2) is 27.8 Å². The van der Waals surface area contributed by atoms with Gasteiger partial charge in [-0.2, -0.15) is 0 Å². The highest BCUT2D eigenvalue weighted by Gasteiger charge is 2.14. The number of rotatable bonds is 8. The molecule has 1 aromatic heterocycles. The van der Waals surface area contributed by atoms with Crippen molar-refractivity contribution in [1.29, 1.82) is 0 Å². The van der Waals surface area contributed by atoms with Crippen LogP contribution in [0.15, 0.2) is 32.6 Å². The third-order valence-corrected chi connectivity index (χ3v) is 5.27. The number of carbonyl (C=O) groups excluding carboxylic acids is 1. The first-order chi connectivity index (χ1) is 12.3. The standard InChI is InChI=1S/C19H26BrN3O2S/c1-12(2)7-8-21-17(24)11-26-19-22-16-6-5-14(20)9-15(16)18(25)23(19)10-13(3)4/h5-6,9,12-13H,7-8,10-11H2,1-4H3,(H,21,24). The first kappa shape index (κ1) is 21.0. The Bertz CT molecular complexity index is 833. The average Bonchev–Trinajstić information content (AvgIpc) is 2.56. The minimum Gasteiger partial charge on any atom is -0.355 e. The summed E-state index contributed by atoms with van der Waals surface area (Å²) in [6.07, 6.45) is 0.956. The van der Waals surface area contributed by atoms with Gasteiger partial charge in [-0.15, -0.1) is 0 Å². The third-order valence-electron chi connectivity index (χ3n) is 3.81. The summed E-state index contributed by atoms with van der Waals surface area (Å²) >= 11 is 4.73. The van der Waals surface area contributed by atoms with Gasteiger partial charge >= 0.3 is 0 Å². The molecule has 0 spiro atoms. The van der Waals surface area contributed by atoms with Crippen LogP contribution in [0.5, 0.6) is 0 Å². The van der Waals surface area contributed by atoms with Crippen LogP contribution in [-0.2, 0) is 11.3 Å². The van der Waals surface area contributed by atoms with E-state index in [0.29, 0.717) is 41.0 Å². The van der Waals surface area contributed by atoms with Gasteiger partial charge in [-0.05, 0) is 36.5 Å². The lowest BCUT2D eigenvalue weighted by Gasteiger charge is -2.15. The number of nitrogens with zero attached hydrogens (tertiary/aromatic N) is 2. The van der Waals surface area contributed by atoms with Gasteiger partial charge in [-0.3, -0.25) is 14.2 Å². The second kappa shape index (κ2) is 9.55. The fourth-order valence-corrected chi connectivity index (χ4v) is 3.69. The molecule has 0 aliphatic heterocycles. The molecule has 1 aromatic carbocycles. The molecule has 1 heterocycles. The molecule has 0 radical (unpaired) electrons. The summed E-state index contributed by atoms with van der Waals surface area (Å²) in [5.41, 5.74) is 0.591. The van der Waals surface area contributed by atoms with Crippen LogP contribution in [0.4, 0.5) is 0 Å². The zero-order valence-electron chi connectivity index (χ0n) is 15.7. The Hall–Kier alpha value is -1.34. The molecule has 1 amide bonds. The summed E-state index contributed by atoms with van der Waals surface area (Å²) in [5, 5.41) is 4.11. The van der Waals surface area contributed by atoms with Crippen molar-refractivity contribution in [3.05, 3.63) is 33.0 Å². The molecule has 0 aliphatic rings. The largest absolute Gasteiger partial charge is 0.355 e. The molecule has 0 unspecified atom stereocenters. The summed E-state index contributed by atoms with van der Waals surface area (Å²) in [6, 6.07) is 5.50. The average molecular weight is 440 g/mol. The van der Waals surface area contributed by atoms with Crippen molar-refractivity contribution in [3.8, 4) is 0 Å². The van der Waals surface area contributed by atoms with Gasteiger partial charge in [0.25, 0.3) is 5.56 Å². The van der Waals surface area contributed by atoms with Crippen LogP contribution in [0, 0.1) is 11.8 Å². The van der Waals surface area contributed by atoms with Crippen molar-refractivity contribution in [3.63, 3.8) is 0 Å². The van der Waals surface area contributed by atoms with Crippen molar-refractivity contribution >= 4 is 44.5 Å². The molecule has 0 fully saturated rings. The van der Waals surface area contributed by atoms with Crippen LogP contribution in [0.1, 0.15) is 34.1 Å². The van der Waals surface area contributed by atoms with Gasteiger partial charge in [0.05, 0.1) is 16.7 Å². The number of carbonyl (C=O) groups is 1. The Kier molecular flexibility index (Phi) is 7.70. The predicted molar refractivity (Wildman–Crippen MR) is 112 cm³/mol. The lowest BCUT2D eigenvalue weighted by atomic mass is 10.1. The summed E-state index contributed by atoms with van der Waals surface area (Å²) in [4.78, 5) is 29.6. The van der Waals surface area contributed by atoms with Crippen LogP contribution >= 0.6 is 27.7 Å². The number of benzene rings is 1. The van der Waals surface area contributed by atoms with E-state index < -0.39 is 0 Å². The number of aromatic nitrogens is 2. The number of nitrogens with one attached hydrogen (secondary N) is 1. The molecule has 0 saturated carbocycles. The van der Waals surface area contributed by atoms with Crippen LogP contribution in [0.25, 0.3) is 10.9 Å². The maximum atomic E-state index is 12.9. The quantitative estimate of drug-likeness (QED) is 0.497. The third kappa shape index (κ3) is 5.84. The van der Waals surface area contributed by atoms with Crippen LogP contribution in [0.2, 0.25) is 0 Å². The highest BCUT2D eigenvalue weighted by atomic mass is 79.9.